The van der Waals surface area contributed by atoms with Crippen LogP contribution in [-0.2, 0) is 9.05 Å². The molecule has 10 heteroatoms. The van der Waals surface area contributed by atoms with E-state index in [2.05, 4.69) is 20.7 Å². The van der Waals surface area contributed by atoms with Crippen LogP contribution >= 0.6 is 26.6 Å². The van der Waals surface area contributed by atoms with E-state index in [1.54, 1.807) is 0 Å². The Morgan fingerprint density at radius 1 is 1.35 bits per heavy atom. The summed E-state index contributed by atoms with van der Waals surface area (Å²) < 4.78 is 61.3. The van der Waals surface area contributed by atoms with Gasteiger partial charge in [0.25, 0.3) is 9.05 Å². The Labute approximate surface area is 107 Å². The van der Waals surface area contributed by atoms with Crippen LogP contribution in [0.3, 0.4) is 0 Å². The third-order valence-electron chi connectivity index (χ3n) is 1.56. The highest BCUT2D eigenvalue weighted by Gasteiger charge is 2.33. The number of benzene rings is 1. The fourth-order valence-corrected chi connectivity index (χ4v) is 3.53. The molecule has 0 aliphatic carbocycles. The molecular formula is C7H4BrClF3NO3S. The molecule has 0 unspecified atom stereocenters. The lowest BCUT2D eigenvalue weighted by Gasteiger charge is -2.13. The van der Waals surface area contributed by atoms with Gasteiger partial charge in [0.15, 0.2) is 0 Å². The molecule has 1 aromatic rings. The van der Waals surface area contributed by atoms with E-state index < -0.39 is 30.5 Å². The van der Waals surface area contributed by atoms with Crippen molar-refractivity contribution in [2.75, 3.05) is 5.73 Å². The third-order valence-corrected chi connectivity index (χ3v) is 4.00. The van der Waals surface area contributed by atoms with Crippen LogP contribution in [0.4, 0.5) is 18.9 Å². The second kappa shape index (κ2) is 4.54. The van der Waals surface area contributed by atoms with Gasteiger partial charge in [0.1, 0.15) is 10.6 Å². The fourth-order valence-electron chi connectivity index (χ4n) is 1.00. The van der Waals surface area contributed by atoms with Crippen LogP contribution in [0.15, 0.2) is 21.5 Å². The van der Waals surface area contributed by atoms with Gasteiger partial charge < -0.3 is 10.5 Å². The van der Waals surface area contributed by atoms with Crippen molar-refractivity contribution in [1.29, 1.82) is 0 Å². The molecule has 0 aliphatic heterocycles. The molecule has 2 N–H and O–H groups in total. The minimum atomic E-state index is -4.95. The Bertz CT molecular complexity index is 546. The molecule has 0 saturated carbocycles. The molecule has 0 aliphatic rings. The van der Waals surface area contributed by atoms with Crippen LogP contribution in [0.2, 0.25) is 0 Å². The highest BCUT2D eigenvalue weighted by atomic mass is 79.9. The van der Waals surface area contributed by atoms with E-state index in [0.717, 1.165) is 12.1 Å². The zero-order chi connectivity index (χ0) is 13.4. The highest BCUT2D eigenvalue weighted by Crippen LogP contribution is 2.39. The molecule has 0 atom stereocenters. The van der Waals surface area contributed by atoms with Crippen molar-refractivity contribution in [3.8, 4) is 5.75 Å². The smallest absolute Gasteiger partial charge is 0.405 e. The molecule has 1 aromatic carbocycles. The lowest BCUT2D eigenvalue weighted by molar-refractivity contribution is -0.275. The Kier molecular flexibility index (Phi) is 3.84. The van der Waals surface area contributed by atoms with E-state index in [9.17, 15) is 21.6 Å². The zero-order valence-corrected chi connectivity index (χ0v) is 10.9. The predicted molar refractivity (Wildman–Crippen MR) is 58.3 cm³/mol. The maximum absolute atomic E-state index is 12.0. The summed E-state index contributed by atoms with van der Waals surface area (Å²) in [5.41, 5.74) is 5.02. The first-order valence-corrected chi connectivity index (χ1v) is 6.91. The van der Waals surface area contributed by atoms with E-state index >= 15 is 0 Å². The molecule has 0 heterocycles. The van der Waals surface area contributed by atoms with Gasteiger partial charge in [-0.1, -0.05) is 0 Å². The first-order valence-electron chi connectivity index (χ1n) is 3.81. The van der Waals surface area contributed by atoms with Crippen molar-refractivity contribution in [2.24, 2.45) is 0 Å². The topological polar surface area (TPSA) is 69.4 Å². The van der Waals surface area contributed by atoms with E-state index in [0.29, 0.717) is 0 Å². The molecule has 4 nitrogen and oxygen atoms in total. The molecule has 0 bridgehead atoms. The average molecular weight is 355 g/mol. The number of rotatable bonds is 2. The van der Waals surface area contributed by atoms with Crippen molar-refractivity contribution < 1.29 is 26.3 Å². The molecular weight excluding hydrogens is 350 g/mol. The second-order valence-corrected chi connectivity index (χ2v) is 6.08. The molecule has 0 amide bonds. The standard InChI is InChI=1S/C7H4BrClF3NO3S/c8-5-4(16-7(10,11)12)2-1-3(13)6(5)17(9,14)15/h1-2H,13H2. The van der Waals surface area contributed by atoms with Crippen LogP contribution in [0.1, 0.15) is 0 Å². The summed E-state index contributed by atoms with van der Waals surface area (Å²) in [6.07, 6.45) is -4.95. The SMILES string of the molecule is Nc1ccc(OC(F)(F)F)c(Br)c1S(=O)(=O)Cl. The van der Waals surface area contributed by atoms with Gasteiger partial charge in [-0.15, -0.1) is 13.2 Å². The first kappa shape index (κ1) is 14.4. The predicted octanol–water partition coefficient (Wildman–Crippen LogP) is 2.86. The van der Waals surface area contributed by atoms with Gasteiger partial charge in [0.05, 0.1) is 10.2 Å². The normalized spacial score (nSPS) is 12.5. The number of nitrogens with two attached hydrogens (primary N) is 1. The third kappa shape index (κ3) is 3.65. The lowest BCUT2D eigenvalue weighted by atomic mass is 10.3. The molecule has 17 heavy (non-hydrogen) atoms. The number of halogens is 5. The summed E-state index contributed by atoms with van der Waals surface area (Å²) in [4.78, 5) is -0.666. The summed E-state index contributed by atoms with van der Waals surface area (Å²) in [7, 11) is 0.748. The number of hydrogen-bond acceptors (Lipinski definition) is 4. The van der Waals surface area contributed by atoms with Gasteiger partial charge in [-0.2, -0.15) is 0 Å². The summed E-state index contributed by atoms with van der Waals surface area (Å²) in [5.74, 6) is -0.745. The van der Waals surface area contributed by atoms with E-state index in [-0.39, 0.29) is 5.69 Å². The van der Waals surface area contributed by atoms with Crippen LogP contribution in [0, 0.1) is 0 Å². The van der Waals surface area contributed by atoms with Crippen LogP contribution in [-0.4, -0.2) is 14.8 Å². The number of hydrogen-bond donors (Lipinski definition) is 1. The van der Waals surface area contributed by atoms with E-state index in [4.69, 9.17) is 16.4 Å². The summed E-state index contributed by atoms with van der Waals surface area (Å²) in [5, 5.41) is 0. The van der Waals surface area contributed by atoms with Crippen LogP contribution < -0.4 is 10.5 Å². The Balaban J connectivity index is 3.40. The van der Waals surface area contributed by atoms with Crippen LogP contribution in [0.5, 0.6) is 5.75 Å². The fraction of sp³-hybridized carbons (Fsp3) is 0.143. The van der Waals surface area contributed by atoms with E-state index in [1.165, 1.54) is 0 Å². The molecule has 0 aromatic heterocycles. The van der Waals surface area contributed by atoms with Crippen molar-refractivity contribution >= 4 is 41.4 Å². The monoisotopic (exact) mass is 353 g/mol. The molecule has 0 radical (unpaired) electrons. The quantitative estimate of drug-likeness (QED) is 0.655. The Morgan fingerprint density at radius 3 is 2.29 bits per heavy atom. The molecule has 1 rings (SSSR count). The van der Waals surface area contributed by atoms with Gasteiger partial charge in [0, 0.05) is 10.7 Å². The van der Waals surface area contributed by atoms with Crippen molar-refractivity contribution in [3.05, 3.63) is 16.6 Å². The lowest BCUT2D eigenvalue weighted by Crippen LogP contribution is -2.18. The minimum Gasteiger partial charge on any atom is -0.405 e. The second-order valence-electron chi connectivity index (χ2n) is 2.78. The Hall–Kier alpha value is -0.670. The number of alkyl halides is 3. The van der Waals surface area contributed by atoms with Crippen molar-refractivity contribution in [3.63, 3.8) is 0 Å². The number of nitrogen functional groups attached to an aromatic ring is 1. The number of ether oxygens (including phenoxy) is 1. The van der Waals surface area contributed by atoms with Gasteiger partial charge >= 0.3 is 6.36 Å². The van der Waals surface area contributed by atoms with Crippen molar-refractivity contribution in [1.82, 2.24) is 0 Å². The highest BCUT2D eigenvalue weighted by molar-refractivity contribution is 9.10. The largest absolute Gasteiger partial charge is 0.573 e. The Morgan fingerprint density at radius 2 is 1.88 bits per heavy atom. The number of anilines is 1. The summed E-state index contributed by atoms with van der Waals surface area (Å²) in [6.45, 7) is 0. The van der Waals surface area contributed by atoms with Gasteiger partial charge in [-0.25, -0.2) is 8.42 Å². The van der Waals surface area contributed by atoms with Crippen molar-refractivity contribution in [2.45, 2.75) is 11.3 Å². The molecule has 0 saturated heterocycles. The molecule has 0 fully saturated rings. The summed E-state index contributed by atoms with van der Waals surface area (Å²) in [6, 6.07) is 1.82. The summed E-state index contributed by atoms with van der Waals surface area (Å²) >= 11 is 2.65. The molecule has 0 spiro atoms. The maximum atomic E-state index is 12.0. The zero-order valence-electron chi connectivity index (χ0n) is 7.75. The van der Waals surface area contributed by atoms with Gasteiger partial charge in [-0.05, 0) is 28.1 Å². The van der Waals surface area contributed by atoms with E-state index in [1.807, 2.05) is 0 Å². The van der Waals surface area contributed by atoms with Crippen LogP contribution in [0.25, 0.3) is 0 Å². The average Bonchev–Trinajstić information content (AvgIpc) is 2.06. The van der Waals surface area contributed by atoms with Gasteiger partial charge in [0.2, 0.25) is 0 Å². The molecule has 96 valence electrons. The minimum absolute atomic E-state index is 0.290. The maximum Gasteiger partial charge on any atom is 0.573 e. The van der Waals surface area contributed by atoms with Gasteiger partial charge in [-0.3, -0.25) is 0 Å². The first-order chi connectivity index (χ1) is 7.52.